The lowest BCUT2D eigenvalue weighted by Crippen LogP contribution is -2.38. The van der Waals surface area contributed by atoms with Gasteiger partial charge in [0.05, 0.1) is 6.54 Å². The molecule has 1 aromatic rings. The molecule has 3 N–H and O–H groups in total. The number of guanidine groups is 1. The number of carbonyl (C=O) groups is 1. The first kappa shape index (κ1) is 21.7. The van der Waals surface area contributed by atoms with E-state index in [1.165, 1.54) is 18.4 Å². The van der Waals surface area contributed by atoms with Gasteiger partial charge in [0.2, 0.25) is 5.91 Å². The summed E-state index contributed by atoms with van der Waals surface area (Å²) >= 11 is 0. The zero-order chi connectivity index (χ0) is 17.0. The lowest BCUT2D eigenvalue weighted by Gasteiger charge is -2.12. The largest absolute Gasteiger partial charge is 0.357 e. The summed E-state index contributed by atoms with van der Waals surface area (Å²) in [4.78, 5) is 16.4. The number of aliphatic imine (C=N–C) groups is 1. The van der Waals surface area contributed by atoms with Crippen molar-refractivity contribution in [3.05, 3.63) is 35.9 Å². The molecule has 6 heteroatoms. The van der Waals surface area contributed by atoms with Crippen LogP contribution in [-0.2, 0) is 11.2 Å². The third-order valence-corrected chi connectivity index (χ3v) is 4.22. The van der Waals surface area contributed by atoms with Crippen LogP contribution < -0.4 is 16.0 Å². The Morgan fingerprint density at radius 1 is 1.16 bits per heavy atom. The Morgan fingerprint density at radius 3 is 2.56 bits per heavy atom. The first-order valence-corrected chi connectivity index (χ1v) is 9.13. The van der Waals surface area contributed by atoms with Gasteiger partial charge in [-0.2, -0.15) is 0 Å². The number of hydrogen-bond donors (Lipinski definition) is 3. The molecule has 1 saturated carbocycles. The van der Waals surface area contributed by atoms with Gasteiger partial charge in [0.1, 0.15) is 0 Å². The van der Waals surface area contributed by atoms with Crippen molar-refractivity contribution in [3.63, 3.8) is 0 Å². The highest BCUT2D eigenvalue weighted by Crippen LogP contribution is 2.17. The van der Waals surface area contributed by atoms with E-state index < -0.39 is 0 Å². The van der Waals surface area contributed by atoms with E-state index in [2.05, 4.69) is 45.2 Å². The Morgan fingerprint density at radius 2 is 1.88 bits per heavy atom. The summed E-state index contributed by atoms with van der Waals surface area (Å²) in [7, 11) is 0. The van der Waals surface area contributed by atoms with Crippen molar-refractivity contribution in [1.82, 2.24) is 16.0 Å². The van der Waals surface area contributed by atoms with Gasteiger partial charge in [0, 0.05) is 25.6 Å². The summed E-state index contributed by atoms with van der Waals surface area (Å²) in [6, 6.07) is 10.8. The van der Waals surface area contributed by atoms with Crippen LogP contribution in [0.15, 0.2) is 35.3 Å². The van der Waals surface area contributed by atoms with Crippen molar-refractivity contribution >= 4 is 35.8 Å². The van der Waals surface area contributed by atoms with Crippen LogP contribution >= 0.6 is 24.0 Å². The number of benzene rings is 1. The number of carbonyl (C=O) groups excluding carboxylic acids is 1. The molecule has 0 unspecified atom stereocenters. The van der Waals surface area contributed by atoms with Gasteiger partial charge < -0.3 is 16.0 Å². The standard InChI is InChI=1S/C19H30N4O.HI/c1-2-20-19(21-14-12-16-8-4-3-5-9-16)22-15-13-18(24)23-17-10-6-7-11-17;/h3-5,8-9,17H,2,6-7,10-15H2,1H3,(H,23,24)(H2,20,21,22);1H. The monoisotopic (exact) mass is 458 g/mol. The van der Waals surface area contributed by atoms with Crippen LogP contribution in [0.5, 0.6) is 0 Å². The number of halogens is 1. The minimum Gasteiger partial charge on any atom is -0.357 e. The molecule has 0 radical (unpaired) electrons. The van der Waals surface area contributed by atoms with Gasteiger partial charge in [-0.3, -0.25) is 9.79 Å². The van der Waals surface area contributed by atoms with Gasteiger partial charge in [-0.25, -0.2) is 0 Å². The molecule has 1 aliphatic rings. The number of rotatable bonds is 8. The molecule has 2 rings (SSSR count). The van der Waals surface area contributed by atoms with Gasteiger partial charge in [-0.15, -0.1) is 24.0 Å². The molecule has 0 aromatic heterocycles. The van der Waals surface area contributed by atoms with Gasteiger partial charge in [-0.05, 0) is 31.7 Å². The molecule has 0 heterocycles. The fraction of sp³-hybridized carbons (Fsp3) is 0.579. The summed E-state index contributed by atoms with van der Waals surface area (Å²) in [6.45, 7) is 4.19. The van der Waals surface area contributed by atoms with Crippen molar-refractivity contribution in [2.75, 3.05) is 19.6 Å². The second-order valence-corrected chi connectivity index (χ2v) is 6.22. The molecule has 0 atom stereocenters. The molecule has 0 saturated heterocycles. The summed E-state index contributed by atoms with van der Waals surface area (Å²) < 4.78 is 0. The SMILES string of the molecule is CCNC(=NCCC(=O)NC1CCCC1)NCCc1ccccc1.I. The molecule has 1 fully saturated rings. The van der Waals surface area contributed by atoms with E-state index in [0.717, 1.165) is 38.3 Å². The summed E-state index contributed by atoms with van der Waals surface area (Å²) in [5, 5.41) is 9.65. The Hall–Kier alpha value is -1.31. The van der Waals surface area contributed by atoms with Crippen LogP contribution in [0.2, 0.25) is 0 Å². The topological polar surface area (TPSA) is 65.5 Å². The molecule has 1 aromatic carbocycles. The summed E-state index contributed by atoms with van der Waals surface area (Å²) in [5.41, 5.74) is 1.30. The Bertz CT molecular complexity index is 515. The molecular weight excluding hydrogens is 427 g/mol. The molecule has 1 amide bonds. The highest BCUT2D eigenvalue weighted by atomic mass is 127. The summed E-state index contributed by atoms with van der Waals surface area (Å²) in [6.07, 6.45) is 6.12. The van der Waals surface area contributed by atoms with E-state index in [9.17, 15) is 4.79 Å². The molecule has 1 aliphatic carbocycles. The van der Waals surface area contributed by atoms with Crippen molar-refractivity contribution in [2.45, 2.75) is 51.5 Å². The van der Waals surface area contributed by atoms with Crippen molar-refractivity contribution < 1.29 is 4.79 Å². The smallest absolute Gasteiger partial charge is 0.222 e. The van der Waals surface area contributed by atoms with Gasteiger partial charge >= 0.3 is 0 Å². The van der Waals surface area contributed by atoms with Crippen LogP contribution in [0.4, 0.5) is 0 Å². The maximum atomic E-state index is 11.9. The minimum absolute atomic E-state index is 0. The van der Waals surface area contributed by atoms with Crippen LogP contribution in [-0.4, -0.2) is 37.5 Å². The molecule has 25 heavy (non-hydrogen) atoms. The third kappa shape index (κ3) is 9.09. The lowest BCUT2D eigenvalue weighted by molar-refractivity contribution is -0.121. The fourth-order valence-corrected chi connectivity index (χ4v) is 2.95. The molecule has 0 spiro atoms. The first-order valence-electron chi connectivity index (χ1n) is 9.13. The quantitative estimate of drug-likeness (QED) is 0.319. The zero-order valence-electron chi connectivity index (χ0n) is 15.1. The maximum absolute atomic E-state index is 11.9. The van der Waals surface area contributed by atoms with E-state index in [0.29, 0.717) is 19.0 Å². The summed E-state index contributed by atoms with van der Waals surface area (Å²) in [5.74, 6) is 0.896. The van der Waals surface area contributed by atoms with Crippen molar-refractivity contribution in [3.8, 4) is 0 Å². The van der Waals surface area contributed by atoms with E-state index in [1.54, 1.807) is 0 Å². The van der Waals surface area contributed by atoms with E-state index in [4.69, 9.17) is 0 Å². The second kappa shape index (κ2) is 13.0. The van der Waals surface area contributed by atoms with Gasteiger partial charge in [0.25, 0.3) is 0 Å². The number of nitrogens with zero attached hydrogens (tertiary/aromatic N) is 1. The van der Waals surface area contributed by atoms with Crippen molar-refractivity contribution in [1.29, 1.82) is 0 Å². The Kier molecular flexibility index (Phi) is 11.3. The molecule has 5 nitrogen and oxygen atoms in total. The number of nitrogens with one attached hydrogen (secondary N) is 3. The predicted octanol–water partition coefficient (Wildman–Crippen LogP) is 2.85. The van der Waals surface area contributed by atoms with Crippen LogP contribution in [0.1, 0.15) is 44.6 Å². The normalized spacial score (nSPS) is 14.7. The zero-order valence-corrected chi connectivity index (χ0v) is 17.4. The first-order chi connectivity index (χ1) is 11.8. The van der Waals surface area contributed by atoms with Crippen LogP contribution in [0, 0.1) is 0 Å². The molecule has 140 valence electrons. The van der Waals surface area contributed by atoms with E-state index in [-0.39, 0.29) is 29.9 Å². The Labute approximate surface area is 168 Å². The Balaban J connectivity index is 0.00000312. The van der Waals surface area contributed by atoms with Crippen LogP contribution in [0.3, 0.4) is 0 Å². The van der Waals surface area contributed by atoms with E-state index >= 15 is 0 Å². The fourth-order valence-electron chi connectivity index (χ4n) is 2.95. The maximum Gasteiger partial charge on any atom is 0.222 e. The van der Waals surface area contributed by atoms with Gasteiger partial charge in [-0.1, -0.05) is 43.2 Å². The van der Waals surface area contributed by atoms with Crippen LogP contribution in [0.25, 0.3) is 0 Å². The molecular formula is C19H31IN4O. The molecule has 0 bridgehead atoms. The lowest BCUT2D eigenvalue weighted by atomic mass is 10.1. The minimum atomic E-state index is 0. The third-order valence-electron chi connectivity index (χ3n) is 4.22. The molecule has 0 aliphatic heterocycles. The number of amides is 1. The average molecular weight is 458 g/mol. The van der Waals surface area contributed by atoms with Gasteiger partial charge in [0.15, 0.2) is 5.96 Å². The highest BCUT2D eigenvalue weighted by Gasteiger charge is 2.16. The average Bonchev–Trinajstić information content (AvgIpc) is 3.09. The highest BCUT2D eigenvalue weighted by molar-refractivity contribution is 14.0. The van der Waals surface area contributed by atoms with E-state index in [1.807, 2.05) is 13.0 Å². The second-order valence-electron chi connectivity index (χ2n) is 6.22. The predicted molar refractivity (Wildman–Crippen MR) is 115 cm³/mol. The van der Waals surface area contributed by atoms with Crippen molar-refractivity contribution in [2.24, 2.45) is 4.99 Å². The number of hydrogen-bond acceptors (Lipinski definition) is 2.